The largest absolute Gasteiger partial charge is 0.330 e. The van der Waals surface area contributed by atoms with Gasteiger partial charge in [0.05, 0.1) is 5.52 Å². The van der Waals surface area contributed by atoms with Gasteiger partial charge in [-0.3, -0.25) is 9.13 Å². The van der Waals surface area contributed by atoms with E-state index in [1.54, 1.807) is 17.8 Å². The van der Waals surface area contributed by atoms with Crippen molar-refractivity contribution >= 4 is 11.2 Å². The van der Waals surface area contributed by atoms with E-state index in [0.29, 0.717) is 5.92 Å². The molecule has 0 amide bonds. The molecule has 1 aliphatic heterocycles. The third-order valence-electron chi connectivity index (χ3n) is 3.50. The highest BCUT2D eigenvalue weighted by atomic mass is 16.1. The highest BCUT2D eigenvalue weighted by molar-refractivity contribution is 5.71. The van der Waals surface area contributed by atoms with Gasteiger partial charge in [-0.1, -0.05) is 0 Å². The van der Waals surface area contributed by atoms with Crippen LogP contribution in [0, 0.1) is 5.92 Å². The lowest BCUT2D eigenvalue weighted by Gasteiger charge is -2.08. The van der Waals surface area contributed by atoms with Gasteiger partial charge in [-0.2, -0.15) is 0 Å². The van der Waals surface area contributed by atoms with Crippen LogP contribution in [0.4, 0.5) is 0 Å². The summed E-state index contributed by atoms with van der Waals surface area (Å²) in [5.41, 5.74) is 1.74. The number of nitrogens with zero attached hydrogens (tertiary/aromatic N) is 3. The van der Waals surface area contributed by atoms with Crippen molar-refractivity contribution in [1.82, 2.24) is 19.4 Å². The van der Waals surface area contributed by atoms with E-state index in [2.05, 4.69) is 10.3 Å². The lowest BCUT2D eigenvalue weighted by molar-refractivity contribution is 0.477. The quantitative estimate of drug-likeness (QED) is 0.812. The van der Waals surface area contributed by atoms with Crippen LogP contribution in [0.3, 0.4) is 0 Å². The van der Waals surface area contributed by atoms with Crippen LogP contribution in [0.2, 0.25) is 0 Å². The SMILES string of the molecule is Cn1c(=O)n(CC2CCNC2)c2cccnc21. The number of fused-ring (bicyclic) bond motifs is 1. The van der Waals surface area contributed by atoms with E-state index in [9.17, 15) is 4.79 Å². The average molecular weight is 232 g/mol. The van der Waals surface area contributed by atoms with Gasteiger partial charge in [-0.25, -0.2) is 9.78 Å². The van der Waals surface area contributed by atoms with E-state index in [4.69, 9.17) is 0 Å². The van der Waals surface area contributed by atoms with Crippen molar-refractivity contribution < 1.29 is 0 Å². The van der Waals surface area contributed by atoms with Crippen molar-refractivity contribution in [2.75, 3.05) is 13.1 Å². The molecule has 1 unspecified atom stereocenters. The molecule has 1 atom stereocenters. The lowest BCUT2D eigenvalue weighted by Crippen LogP contribution is -2.26. The summed E-state index contributed by atoms with van der Waals surface area (Å²) in [6.07, 6.45) is 2.87. The fourth-order valence-electron chi connectivity index (χ4n) is 2.54. The molecule has 1 aliphatic rings. The first-order chi connectivity index (χ1) is 8.27. The monoisotopic (exact) mass is 232 g/mol. The normalized spacial score (nSPS) is 20.2. The Morgan fingerprint density at radius 2 is 2.47 bits per heavy atom. The zero-order valence-electron chi connectivity index (χ0n) is 9.89. The predicted octanol–water partition coefficient (Wildman–Crippen LogP) is 0.344. The zero-order chi connectivity index (χ0) is 11.8. The molecule has 5 heteroatoms. The average Bonchev–Trinajstić information content (AvgIpc) is 2.94. The highest BCUT2D eigenvalue weighted by Gasteiger charge is 2.18. The minimum absolute atomic E-state index is 0.0330. The van der Waals surface area contributed by atoms with Crippen LogP contribution in [-0.2, 0) is 13.6 Å². The summed E-state index contributed by atoms with van der Waals surface area (Å²) < 4.78 is 3.47. The molecule has 2 aromatic rings. The summed E-state index contributed by atoms with van der Waals surface area (Å²) in [5.74, 6) is 0.554. The molecule has 0 spiro atoms. The molecular weight excluding hydrogens is 216 g/mol. The Kier molecular flexibility index (Phi) is 2.48. The maximum atomic E-state index is 12.1. The number of pyridine rings is 1. The Balaban J connectivity index is 2.08. The fraction of sp³-hybridized carbons (Fsp3) is 0.500. The van der Waals surface area contributed by atoms with Gasteiger partial charge in [-0.15, -0.1) is 0 Å². The summed E-state index contributed by atoms with van der Waals surface area (Å²) >= 11 is 0. The molecule has 0 radical (unpaired) electrons. The van der Waals surface area contributed by atoms with Crippen LogP contribution in [-0.4, -0.2) is 27.2 Å². The summed E-state index contributed by atoms with van der Waals surface area (Å²) in [6.45, 7) is 2.85. The van der Waals surface area contributed by atoms with Crippen LogP contribution in [0.5, 0.6) is 0 Å². The number of rotatable bonds is 2. The molecule has 2 aromatic heterocycles. The summed E-state index contributed by atoms with van der Waals surface area (Å²) in [5, 5.41) is 3.33. The molecule has 5 nitrogen and oxygen atoms in total. The van der Waals surface area contributed by atoms with Crippen LogP contribution in [0.15, 0.2) is 23.1 Å². The van der Waals surface area contributed by atoms with E-state index < -0.39 is 0 Å². The maximum Gasteiger partial charge on any atom is 0.330 e. The number of nitrogens with one attached hydrogen (secondary N) is 1. The third kappa shape index (κ3) is 1.67. The van der Waals surface area contributed by atoms with Gasteiger partial charge in [0.1, 0.15) is 0 Å². The molecule has 0 aromatic carbocycles. The van der Waals surface area contributed by atoms with Crippen molar-refractivity contribution in [2.24, 2.45) is 13.0 Å². The Bertz CT molecular complexity index is 592. The summed E-state index contributed by atoms with van der Waals surface area (Å²) in [7, 11) is 1.78. The number of aryl methyl sites for hydroxylation is 1. The summed E-state index contributed by atoms with van der Waals surface area (Å²) in [4.78, 5) is 16.4. The molecule has 90 valence electrons. The molecular formula is C12H16N4O. The van der Waals surface area contributed by atoms with Crippen LogP contribution in [0.1, 0.15) is 6.42 Å². The predicted molar refractivity (Wildman–Crippen MR) is 66.0 cm³/mol. The van der Waals surface area contributed by atoms with E-state index in [1.807, 2.05) is 16.7 Å². The van der Waals surface area contributed by atoms with Crippen molar-refractivity contribution in [3.05, 3.63) is 28.8 Å². The second-order valence-electron chi connectivity index (χ2n) is 4.66. The van der Waals surface area contributed by atoms with Gasteiger partial charge >= 0.3 is 5.69 Å². The van der Waals surface area contributed by atoms with Gasteiger partial charge in [0.2, 0.25) is 0 Å². The van der Waals surface area contributed by atoms with Crippen LogP contribution < -0.4 is 11.0 Å². The molecule has 0 aliphatic carbocycles. The second-order valence-corrected chi connectivity index (χ2v) is 4.66. The number of hydrogen-bond donors (Lipinski definition) is 1. The minimum atomic E-state index is 0.0330. The van der Waals surface area contributed by atoms with E-state index in [1.165, 1.54) is 0 Å². The minimum Gasteiger partial charge on any atom is -0.316 e. The van der Waals surface area contributed by atoms with Crippen molar-refractivity contribution in [2.45, 2.75) is 13.0 Å². The van der Waals surface area contributed by atoms with Crippen molar-refractivity contribution in [3.63, 3.8) is 0 Å². The Hall–Kier alpha value is -1.62. The standard InChI is InChI=1S/C12H16N4O/c1-15-11-10(3-2-5-14-11)16(12(15)17)8-9-4-6-13-7-9/h2-3,5,9,13H,4,6-8H2,1H3. The zero-order valence-corrected chi connectivity index (χ0v) is 9.89. The van der Waals surface area contributed by atoms with Crippen molar-refractivity contribution in [1.29, 1.82) is 0 Å². The molecule has 1 saturated heterocycles. The van der Waals surface area contributed by atoms with E-state index in [0.717, 1.165) is 37.2 Å². The fourth-order valence-corrected chi connectivity index (χ4v) is 2.54. The molecule has 17 heavy (non-hydrogen) atoms. The molecule has 3 rings (SSSR count). The van der Waals surface area contributed by atoms with Gasteiger partial charge < -0.3 is 5.32 Å². The first-order valence-electron chi connectivity index (χ1n) is 5.98. The Morgan fingerprint density at radius 1 is 1.59 bits per heavy atom. The first-order valence-corrected chi connectivity index (χ1v) is 5.98. The van der Waals surface area contributed by atoms with E-state index >= 15 is 0 Å². The van der Waals surface area contributed by atoms with Gasteiger partial charge in [0, 0.05) is 19.8 Å². The second kappa shape index (κ2) is 4.00. The molecule has 1 N–H and O–H groups in total. The molecule has 0 bridgehead atoms. The number of imidazole rings is 1. The van der Waals surface area contributed by atoms with Crippen LogP contribution in [0.25, 0.3) is 11.2 Å². The highest BCUT2D eigenvalue weighted by Crippen LogP contribution is 2.14. The van der Waals surface area contributed by atoms with Gasteiger partial charge in [-0.05, 0) is 37.6 Å². The Labute approximate surface area is 99.1 Å². The smallest absolute Gasteiger partial charge is 0.316 e. The van der Waals surface area contributed by atoms with Gasteiger partial charge in [0.25, 0.3) is 0 Å². The molecule has 3 heterocycles. The lowest BCUT2D eigenvalue weighted by atomic mass is 10.1. The topological polar surface area (TPSA) is 51.9 Å². The Morgan fingerprint density at radius 3 is 3.24 bits per heavy atom. The maximum absolute atomic E-state index is 12.1. The third-order valence-corrected chi connectivity index (χ3v) is 3.50. The molecule has 1 fully saturated rings. The summed E-state index contributed by atoms with van der Waals surface area (Å²) in [6, 6.07) is 3.84. The first kappa shape index (κ1) is 10.5. The van der Waals surface area contributed by atoms with Crippen LogP contribution >= 0.6 is 0 Å². The number of aromatic nitrogens is 3. The van der Waals surface area contributed by atoms with E-state index in [-0.39, 0.29) is 5.69 Å². The molecule has 0 saturated carbocycles. The number of hydrogen-bond acceptors (Lipinski definition) is 3. The van der Waals surface area contributed by atoms with Crippen molar-refractivity contribution in [3.8, 4) is 0 Å². The van der Waals surface area contributed by atoms with Gasteiger partial charge in [0.15, 0.2) is 5.65 Å².